The van der Waals surface area contributed by atoms with Crippen LogP contribution in [0.2, 0.25) is 0 Å². The molecule has 0 unspecified atom stereocenters. The number of likely N-dealkylation sites (N-methyl/N-ethyl adjacent to an activating group) is 1. The zero-order chi connectivity index (χ0) is 17.1. The van der Waals surface area contributed by atoms with Crippen molar-refractivity contribution < 1.29 is 4.74 Å². The van der Waals surface area contributed by atoms with Crippen LogP contribution in [0.15, 0.2) is 66.2 Å². The SMILES string of the molecule is CN(CC1=Cc2ccccc2OC1)Cc1cc(-c2ccccc2)n[nH]1. The Morgan fingerprint density at radius 2 is 1.84 bits per heavy atom. The number of H-pyrrole nitrogens is 1. The van der Waals surface area contributed by atoms with E-state index >= 15 is 0 Å². The molecule has 0 saturated carbocycles. The summed E-state index contributed by atoms with van der Waals surface area (Å²) in [5.74, 6) is 0.968. The fourth-order valence-electron chi connectivity index (χ4n) is 3.15. The predicted molar refractivity (Wildman–Crippen MR) is 100 cm³/mol. The van der Waals surface area contributed by atoms with E-state index in [9.17, 15) is 0 Å². The Morgan fingerprint density at radius 3 is 2.72 bits per heavy atom. The van der Waals surface area contributed by atoms with Gasteiger partial charge in [0.1, 0.15) is 12.4 Å². The van der Waals surface area contributed by atoms with E-state index < -0.39 is 0 Å². The van der Waals surface area contributed by atoms with Crippen LogP contribution in [0.5, 0.6) is 5.75 Å². The molecular weight excluding hydrogens is 310 g/mol. The number of para-hydroxylation sites is 1. The number of nitrogens with zero attached hydrogens (tertiary/aromatic N) is 2. The van der Waals surface area contributed by atoms with Gasteiger partial charge in [-0.25, -0.2) is 0 Å². The Kier molecular flexibility index (Phi) is 4.36. The number of hydrogen-bond donors (Lipinski definition) is 1. The molecule has 25 heavy (non-hydrogen) atoms. The highest BCUT2D eigenvalue weighted by Gasteiger charge is 2.13. The summed E-state index contributed by atoms with van der Waals surface area (Å²) in [4.78, 5) is 2.27. The Balaban J connectivity index is 1.41. The van der Waals surface area contributed by atoms with Gasteiger partial charge in [-0.2, -0.15) is 5.10 Å². The maximum Gasteiger partial charge on any atom is 0.127 e. The van der Waals surface area contributed by atoms with Crippen molar-refractivity contribution in [1.82, 2.24) is 15.1 Å². The van der Waals surface area contributed by atoms with Crippen molar-refractivity contribution in [3.8, 4) is 17.0 Å². The summed E-state index contributed by atoms with van der Waals surface area (Å²) >= 11 is 0. The fourth-order valence-corrected chi connectivity index (χ4v) is 3.15. The zero-order valence-corrected chi connectivity index (χ0v) is 14.3. The molecule has 4 rings (SSSR count). The van der Waals surface area contributed by atoms with Crippen LogP contribution in [0, 0.1) is 0 Å². The van der Waals surface area contributed by atoms with Gasteiger partial charge in [0.15, 0.2) is 0 Å². The summed E-state index contributed by atoms with van der Waals surface area (Å²) in [6.07, 6.45) is 2.23. The van der Waals surface area contributed by atoms with E-state index in [1.165, 1.54) is 5.57 Å². The first-order chi connectivity index (χ1) is 12.3. The van der Waals surface area contributed by atoms with Gasteiger partial charge in [-0.05, 0) is 30.8 Å². The molecule has 3 aromatic rings. The van der Waals surface area contributed by atoms with Crippen molar-refractivity contribution in [3.63, 3.8) is 0 Å². The lowest BCUT2D eigenvalue weighted by molar-refractivity contribution is 0.303. The summed E-state index contributed by atoms with van der Waals surface area (Å²) in [6.45, 7) is 2.34. The van der Waals surface area contributed by atoms with Crippen LogP contribution >= 0.6 is 0 Å². The lowest BCUT2D eigenvalue weighted by Crippen LogP contribution is -2.24. The van der Waals surface area contributed by atoms with Gasteiger partial charge < -0.3 is 4.74 Å². The van der Waals surface area contributed by atoms with E-state index in [1.54, 1.807) is 0 Å². The minimum atomic E-state index is 0.652. The number of aromatic nitrogens is 2. The molecule has 0 spiro atoms. The van der Waals surface area contributed by atoms with Crippen LogP contribution in [0.4, 0.5) is 0 Å². The van der Waals surface area contributed by atoms with Gasteiger partial charge in [-0.3, -0.25) is 10.00 Å². The van der Waals surface area contributed by atoms with Crippen molar-refractivity contribution in [3.05, 3.63) is 77.5 Å². The quantitative estimate of drug-likeness (QED) is 0.769. The van der Waals surface area contributed by atoms with Crippen molar-refractivity contribution in [1.29, 1.82) is 0 Å². The van der Waals surface area contributed by atoms with Gasteiger partial charge in [0.05, 0.1) is 5.69 Å². The second-order valence-corrected chi connectivity index (χ2v) is 6.45. The third-order valence-corrected chi connectivity index (χ3v) is 4.31. The minimum absolute atomic E-state index is 0.652. The first-order valence-corrected chi connectivity index (χ1v) is 8.47. The lowest BCUT2D eigenvalue weighted by atomic mass is 10.1. The number of nitrogens with one attached hydrogen (secondary N) is 1. The van der Waals surface area contributed by atoms with Crippen molar-refractivity contribution >= 4 is 6.08 Å². The summed E-state index contributed by atoms with van der Waals surface area (Å²) in [6, 6.07) is 20.5. The van der Waals surface area contributed by atoms with E-state index in [0.717, 1.165) is 41.4 Å². The summed E-state index contributed by atoms with van der Waals surface area (Å²) in [5, 5.41) is 7.57. The number of hydrogen-bond acceptors (Lipinski definition) is 3. The predicted octanol–water partition coefficient (Wildman–Crippen LogP) is 3.98. The Labute approximate surface area is 147 Å². The van der Waals surface area contributed by atoms with Crippen molar-refractivity contribution in [2.75, 3.05) is 20.2 Å². The molecule has 1 N–H and O–H groups in total. The van der Waals surface area contributed by atoms with Gasteiger partial charge >= 0.3 is 0 Å². The molecule has 0 saturated heterocycles. The van der Waals surface area contributed by atoms with Crippen molar-refractivity contribution in [2.24, 2.45) is 0 Å². The van der Waals surface area contributed by atoms with Crippen LogP contribution in [-0.2, 0) is 6.54 Å². The highest BCUT2D eigenvalue weighted by molar-refractivity contribution is 5.62. The molecule has 1 aromatic heterocycles. The Bertz CT molecular complexity index is 883. The Hall–Kier alpha value is -2.85. The average molecular weight is 331 g/mol. The topological polar surface area (TPSA) is 41.1 Å². The maximum atomic E-state index is 5.83. The zero-order valence-electron chi connectivity index (χ0n) is 14.3. The molecule has 2 aromatic carbocycles. The van der Waals surface area contributed by atoms with Crippen LogP contribution in [0.25, 0.3) is 17.3 Å². The Morgan fingerprint density at radius 1 is 1.04 bits per heavy atom. The number of aromatic amines is 1. The minimum Gasteiger partial charge on any atom is -0.489 e. The fraction of sp³-hybridized carbons (Fsp3) is 0.190. The molecule has 0 radical (unpaired) electrons. The van der Waals surface area contributed by atoms with Gasteiger partial charge in [-0.15, -0.1) is 0 Å². The largest absolute Gasteiger partial charge is 0.489 e. The van der Waals surface area contributed by atoms with Gasteiger partial charge in [0.2, 0.25) is 0 Å². The number of ether oxygens (including phenoxy) is 1. The second-order valence-electron chi connectivity index (χ2n) is 6.45. The summed E-state index contributed by atoms with van der Waals surface area (Å²) in [7, 11) is 2.12. The van der Waals surface area contributed by atoms with Gasteiger partial charge in [0, 0.05) is 29.9 Å². The van der Waals surface area contributed by atoms with Gasteiger partial charge in [0.25, 0.3) is 0 Å². The van der Waals surface area contributed by atoms with E-state index in [0.29, 0.717) is 6.61 Å². The van der Waals surface area contributed by atoms with E-state index in [4.69, 9.17) is 4.74 Å². The molecular formula is C21H21N3O. The molecule has 126 valence electrons. The molecule has 2 heterocycles. The van der Waals surface area contributed by atoms with Crippen LogP contribution in [-0.4, -0.2) is 35.3 Å². The number of benzene rings is 2. The van der Waals surface area contributed by atoms with E-state index in [2.05, 4.69) is 52.5 Å². The van der Waals surface area contributed by atoms with Crippen LogP contribution in [0.3, 0.4) is 0 Å². The monoisotopic (exact) mass is 331 g/mol. The molecule has 1 aliphatic rings. The number of rotatable bonds is 5. The van der Waals surface area contributed by atoms with Crippen molar-refractivity contribution in [2.45, 2.75) is 6.54 Å². The first-order valence-electron chi connectivity index (χ1n) is 8.47. The third-order valence-electron chi connectivity index (χ3n) is 4.31. The summed E-state index contributed by atoms with van der Waals surface area (Å²) in [5.41, 5.74) is 5.67. The molecule has 4 heteroatoms. The standard InChI is InChI=1S/C21H21N3O/c1-24(13-16-11-18-9-5-6-10-21(18)25-15-16)14-19-12-20(23-22-19)17-7-3-2-4-8-17/h2-12H,13-15H2,1H3,(H,22,23). The highest BCUT2D eigenvalue weighted by atomic mass is 16.5. The van der Waals surface area contributed by atoms with E-state index in [1.807, 2.05) is 36.4 Å². The third kappa shape index (κ3) is 3.64. The van der Waals surface area contributed by atoms with Gasteiger partial charge in [-0.1, -0.05) is 48.5 Å². The molecule has 0 amide bonds. The first kappa shape index (κ1) is 15.7. The average Bonchev–Trinajstić information content (AvgIpc) is 3.10. The smallest absolute Gasteiger partial charge is 0.127 e. The highest BCUT2D eigenvalue weighted by Crippen LogP contribution is 2.26. The maximum absolute atomic E-state index is 5.83. The molecule has 0 atom stereocenters. The second kappa shape index (κ2) is 6.95. The van der Waals surface area contributed by atoms with Crippen LogP contribution in [0.1, 0.15) is 11.3 Å². The molecule has 0 bridgehead atoms. The summed E-state index contributed by atoms with van der Waals surface area (Å²) < 4.78 is 5.83. The van der Waals surface area contributed by atoms with Crippen LogP contribution < -0.4 is 4.74 Å². The number of fused-ring (bicyclic) bond motifs is 1. The molecule has 4 nitrogen and oxygen atoms in total. The van der Waals surface area contributed by atoms with E-state index in [-0.39, 0.29) is 0 Å². The molecule has 0 fully saturated rings. The molecule has 0 aliphatic carbocycles. The lowest BCUT2D eigenvalue weighted by Gasteiger charge is -2.22. The molecule has 1 aliphatic heterocycles. The normalized spacial score (nSPS) is 13.3.